The standard InChI is InChI=1S/C23H24N2OS/c26-23(18-20-10-6-17-27-20)25-15-7-14-24(21-11-4-5-12-22(21)25)16-13-19-8-2-1-3-9-19/h1-6,8-12,17H,7,13-16,18H2. The molecule has 0 atom stereocenters. The number of benzene rings is 2. The van der Waals surface area contributed by atoms with Gasteiger partial charge in [-0.2, -0.15) is 0 Å². The monoisotopic (exact) mass is 376 g/mol. The predicted octanol–water partition coefficient (Wildman–Crippen LogP) is 4.78. The van der Waals surface area contributed by atoms with Crippen LogP contribution in [0.15, 0.2) is 72.1 Å². The normalized spacial score (nSPS) is 13.9. The van der Waals surface area contributed by atoms with E-state index in [9.17, 15) is 4.79 Å². The van der Waals surface area contributed by atoms with Gasteiger partial charge in [-0.1, -0.05) is 48.5 Å². The Morgan fingerprint density at radius 2 is 1.67 bits per heavy atom. The maximum absolute atomic E-state index is 13.0. The van der Waals surface area contributed by atoms with Gasteiger partial charge >= 0.3 is 0 Å². The Morgan fingerprint density at radius 1 is 0.889 bits per heavy atom. The van der Waals surface area contributed by atoms with Crippen molar-refractivity contribution in [2.75, 3.05) is 29.4 Å². The molecule has 0 saturated carbocycles. The van der Waals surface area contributed by atoms with E-state index in [1.165, 1.54) is 11.3 Å². The molecular weight excluding hydrogens is 352 g/mol. The third-order valence-corrected chi connectivity index (χ3v) is 5.92. The summed E-state index contributed by atoms with van der Waals surface area (Å²) < 4.78 is 0. The first-order chi connectivity index (χ1) is 13.3. The summed E-state index contributed by atoms with van der Waals surface area (Å²) in [4.78, 5) is 18.5. The molecular formula is C23H24N2OS. The van der Waals surface area contributed by atoms with Crippen LogP contribution >= 0.6 is 11.3 Å². The van der Waals surface area contributed by atoms with E-state index >= 15 is 0 Å². The lowest BCUT2D eigenvalue weighted by molar-refractivity contribution is -0.117. The van der Waals surface area contributed by atoms with E-state index in [4.69, 9.17) is 0 Å². The number of para-hydroxylation sites is 2. The first-order valence-corrected chi connectivity index (χ1v) is 10.4. The minimum absolute atomic E-state index is 0.190. The Hall–Kier alpha value is -2.59. The summed E-state index contributed by atoms with van der Waals surface area (Å²) in [5.41, 5.74) is 3.57. The van der Waals surface area contributed by atoms with Crippen LogP contribution in [0.2, 0.25) is 0 Å². The minimum Gasteiger partial charge on any atom is -0.369 e. The molecule has 0 radical (unpaired) electrons. The average molecular weight is 377 g/mol. The SMILES string of the molecule is O=C(Cc1cccs1)N1CCCN(CCc2ccccc2)c2ccccc21. The van der Waals surface area contributed by atoms with Gasteiger partial charge < -0.3 is 9.80 Å². The zero-order valence-corrected chi connectivity index (χ0v) is 16.2. The fourth-order valence-electron chi connectivity index (χ4n) is 3.68. The van der Waals surface area contributed by atoms with Crippen LogP contribution in [0, 0.1) is 0 Å². The molecule has 1 aliphatic heterocycles. The van der Waals surface area contributed by atoms with Gasteiger partial charge in [0.2, 0.25) is 5.91 Å². The van der Waals surface area contributed by atoms with E-state index in [1.807, 2.05) is 28.5 Å². The Balaban J connectivity index is 1.54. The van der Waals surface area contributed by atoms with Crippen LogP contribution in [-0.2, 0) is 17.6 Å². The Bertz CT molecular complexity index is 876. The number of fused-ring (bicyclic) bond motifs is 1. The molecule has 0 aliphatic carbocycles. The molecule has 0 bridgehead atoms. The summed E-state index contributed by atoms with van der Waals surface area (Å²) in [5.74, 6) is 0.190. The van der Waals surface area contributed by atoms with Crippen molar-refractivity contribution in [2.45, 2.75) is 19.3 Å². The second-order valence-corrected chi connectivity index (χ2v) is 7.90. The molecule has 0 saturated heterocycles. The molecule has 3 nitrogen and oxygen atoms in total. The molecule has 0 spiro atoms. The van der Waals surface area contributed by atoms with Gasteiger partial charge in [-0.15, -0.1) is 11.3 Å². The van der Waals surface area contributed by atoms with Crippen LogP contribution in [0.3, 0.4) is 0 Å². The van der Waals surface area contributed by atoms with Crippen molar-refractivity contribution in [3.8, 4) is 0 Å². The van der Waals surface area contributed by atoms with Gasteiger partial charge in [0.25, 0.3) is 0 Å². The van der Waals surface area contributed by atoms with Crippen molar-refractivity contribution in [1.29, 1.82) is 0 Å². The molecule has 0 unspecified atom stereocenters. The van der Waals surface area contributed by atoms with Gasteiger partial charge in [-0.25, -0.2) is 0 Å². The van der Waals surface area contributed by atoms with Crippen LogP contribution in [-0.4, -0.2) is 25.5 Å². The van der Waals surface area contributed by atoms with Crippen LogP contribution < -0.4 is 9.80 Å². The zero-order chi connectivity index (χ0) is 18.5. The third-order valence-electron chi connectivity index (χ3n) is 5.04. The average Bonchev–Trinajstić information content (AvgIpc) is 3.14. The summed E-state index contributed by atoms with van der Waals surface area (Å²) in [6, 6.07) is 23.0. The highest BCUT2D eigenvalue weighted by Crippen LogP contribution is 2.33. The third kappa shape index (κ3) is 4.22. The highest BCUT2D eigenvalue weighted by molar-refractivity contribution is 7.10. The summed E-state index contributed by atoms with van der Waals surface area (Å²) in [6.45, 7) is 2.73. The van der Waals surface area contributed by atoms with Gasteiger partial charge in [0, 0.05) is 24.5 Å². The van der Waals surface area contributed by atoms with E-state index in [1.54, 1.807) is 11.3 Å². The summed E-state index contributed by atoms with van der Waals surface area (Å²) >= 11 is 1.65. The summed E-state index contributed by atoms with van der Waals surface area (Å²) in [6.07, 6.45) is 2.48. The van der Waals surface area contributed by atoms with Crippen molar-refractivity contribution in [2.24, 2.45) is 0 Å². The molecule has 0 fully saturated rings. The number of nitrogens with zero attached hydrogens (tertiary/aromatic N) is 2. The van der Waals surface area contributed by atoms with Crippen LogP contribution in [0.1, 0.15) is 16.9 Å². The zero-order valence-electron chi connectivity index (χ0n) is 15.4. The maximum atomic E-state index is 13.0. The van der Waals surface area contributed by atoms with Crippen LogP contribution in [0.4, 0.5) is 11.4 Å². The van der Waals surface area contributed by atoms with Crippen LogP contribution in [0.5, 0.6) is 0 Å². The Morgan fingerprint density at radius 3 is 2.44 bits per heavy atom. The number of hydrogen-bond acceptors (Lipinski definition) is 3. The van der Waals surface area contributed by atoms with Gasteiger partial charge in [-0.3, -0.25) is 4.79 Å². The van der Waals surface area contributed by atoms with E-state index in [0.29, 0.717) is 6.42 Å². The van der Waals surface area contributed by atoms with Gasteiger partial charge in [0.15, 0.2) is 0 Å². The summed E-state index contributed by atoms with van der Waals surface area (Å²) in [5, 5.41) is 2.03. The number of amides is 1. The number of rotatable bonds is 5. The minimum atomic E-state index is 0.190. The second-order valence-electron chi connectivity index (χ2n) is 6.87. The highest BCUT2D eigenvalue weighted by Gasteiger charge is 2.24. The molecule has 2 heterocycles. The van der Waals surface area contributed by atoms with Crippen molar-refractivity contribution in [3.05, 3.63) is 82.6 Å². The molecule has 3 aromatic rings. The van der Waals surface area contributed by atoms with Gasteiger partial charge in [0.1, 0.15) is 0 Å². The number of thiophene rings is 1. The fourth-order valence-corrected chi connectivity index (χ4v) is 4.37. The van der Waals surface area contributed by atoms with E-state index in [-0.39, 0.29) is 5.91 Å². The molecule has 1 amide bonds. The predicted molar refractivity (Wildman–Crippen MR) is 114 cm³/mol. The largest absolute Gasteiger partial charge is 0.369 e. The molecule has 27 heavy (non-hydrogen) atoms. The number of hydrogen-bond donors (Lipinski definition) is 0. The topological polar surface area (TPSA) is 23.6 Å². The van der Waals surface area contributed by atoms with Crippen molar-refractivity contribution in [1.82, 2.24) is 0 Å². The number of carbonyl (C=O) groups is 1. The van der Waals surface area contributed by atoms with E-state index in [2.05, 4.69) is 53.4 Å². The maximum Gasteiger partial charge on any atom is 0.232 e. The fraction of sp³-hybridized carbons (Fsp3) is 0.261. The molecule has 0 N–H and O–H groups in total. The second kappa shape index (κ2) is 8.40. The van der Waals surface area contributed by atoms with Crippen molar-refractivity contribution < 1.29 is 4.79 Å². The Labute approximate surface area is 164 Å². The molecule has 138 valence electrons. The molecule has 4 rings (SSSR count). The van der Waals surface area contributed by atoms with Gasteiger partial charge in [0.05, 0.1) is 17.8 Å². The smallest absolute Gasteiger partial charge is 0.232 e. The summed E-state index contributed by atoms with van der Waals surface area (Å²) in [7, 11) is 0. The molecule has 1 aliphatic rings. The Kier molecular flexibility index (Phi) is 5.54. The number of carbonyl (C=O) groups excluding carboxylic acids is 1. The molecule has 2 aromatic carbocycles. The lowest BCUT2D eigenvalue weighted by Gasteiger charge is -2.27. The first kappa shape index (κ1) is 17.8. The van der Waals surface area contributed by atoms with Crippen molar-refractivity contribution >= 4 is 28.6 Å². The molecule has 4 heteroatoms. The lowest BCUT2D eigenvalue weighted by Crippen LogP contribution is -2.32. The van der Waals surface area contributed by atoms with Gasteiger partial charge in [-0.05, 0) is 42.0 Å². The first-order valence-electron chi connectivity index (χ1n) is 9.52. The lowest BCUT2D eigenvalue weighted by atomic mass is 10.1. The van der Waals surface area contributed by atoms with E-state index < -0.39 is 0 Å². The molecule has 1 aromatic heterocycles. The highest BCUT2D eigenvalue weighted by atomic mass is 32.1. The quantitative estimate of drug-likeness (QED) is 0.640. The van der Waals surface area contributed by atoms with Crippen LogP contribution in [0.25, 0.3) is 0 Å². The van der Waals surface area contributed by atoms with E-state index in [0.717, 1.165) is 43.0 Å². The number of anilines is 2. The van der Waals surface area contributed by atoms with Crippen molar-refractivity contribution in [3.63, 3.8) is 0 Å².